The van der Waals surface area contributed by atoms with Gasteiger partial charge in [-0.15, -0.1) is 0 Å². The maximum atomic E-state index is 13.7. The van der Waals surface area contributed by atoms with Crippen molar-refractivity contribution in [3.8, 4) is 0 Å². The van der Waals surface area contributed by atoms with Gasteiger partial charge in [0.2, 0.25) is 0 Å². The van der Waals surface area contributed by atoms with Gasteiger partial charge in [-0.3, -0.25) is 10.1 Å². The van der Waals surface area contributed by atoms with Crippen LogP contribution in [0.4, 0.5) is 15.8 Å². The Morgan fingerprint density at radius 1 is 1.43 bits per heavy atom. The van der Waals surface area contributed by atoms with E-state index in [-0.39, 0.29) is 11.4 Å². The van der Waals surface area contributed by atoms with E-state index in [2.05, 4.69) is 12.2 Å². The molecule has 110 valence electrons. The lowest BCUT2D eigenvalue weighted by Crippen LogP contribution is -2.01. The number of anilines is 1. The van der Waals surface area contributed by atoms with Crippen LogP contribution in [0.2, 0.25) is 0 Å². The molecule has 1 N–H and O–H groups in total. The van der Waals surface area contributed by atoms with Gasteiger partial charge < -0.3 is 9.73 Å². The van der Waals surface area contributed by atoms with E-state index in [9.17, 15) is 14.5 Å². The van der Waals surface area contributed by atoms with Gasteiger partial charge >= 0.3 is 0 Å². The second kappa shape index (κ2) is 5.20. The predicted molar refractivity (Wildman–Crippen MR) is 75.6 cm³/mol. The number of hydrogen-bond acceptors (Lipinski definition) is 4. The summed E-state index contributed by atoms with van der Waals surface area (Å²) in [6, 6.07) is 7.36. The number of hydrogen-bond donors (Lipinski definition) is 1. The average Bonchev–Trinajstić information content (AvgIpc) is 3.00. The summed E-state index contributed by atoms with van der Waals surface area (Å²) in [6.45, 7) is 2.52. The fourth-order valence-corrected chi connectivity index (χ4v) is 2.35. The predicted octanol–water partition coefficient (Wildman–Crippen LogP) is 4.06. The molecule has 1 aromatic heterocycles. The summed E-state index contributed by atoms with van der Waals surface area (Å²) in [7, 11) is 0. The minimum absolute atomic E-state index is 0.221. The van der Waals surface area contributed by atoms with Crippen molar-refractivity contribution in [1.29, 1.82) is 0 Å². The van der Waals surface area contributed by atoms with Gasteiger partial charge in [0.15, 0.2) is 5.82 Å². The van der Waals surface area contributed by atoms with Crippen LogP contribution in [0.3, 0.4) is 0 Å². The van der Waals surface area contributed by atoms with Crippen molar-refractivity contribution in [2.45, 2.75) is 25.8 Å². The SMILES string of the molecule is CC1CC1c1ccc(CNc2ccc([N+](=O)[O-])cc2F)o1. The molecule has 1 heterocycles. The molecule has 1 saturated carbocycles. The Morgan fingerprint density at radius 2 is 2.19 bits per heavy atom. The molecule has 21 heavy (non-hydrogen) atoms. The first kappa shape index (κ1) is 13.6. The zero-order valence-electron chi connectivity index (χ0n) is 11.5. The number of nitro groups is 1. The summed E-state index contributed by atoms with van der Waals surface area (Å²) in [4.78, 5) is 9.92. The van der Waals surface area contributed by atoms with E-state index in [0.29, 0.717) is 18.4 Å². The summed E-state index contributed by atoms with van der Waals surface area (Å²) in [6.07, 6.45) is 1.15. The van der Waals surface area contributed by atoms with Crippen LogP contribution < -0.4 is 5.32 Å². The van der Waals surface area contributed by atoms with Crippen LogP contribution in [0.5, 0.6) is 0 Å². The summed E-state index contributed by atoms with van der Waals surface area (Å²) in [5.41, 5.74) is -0.0422. The van der Waals surface area contributed by atoms with Crippen LogP contribution in [-0.4, -0.2) is 4.92 Å². The highest BCUT2D eigenvalue weighted by molar-refractivity contribution is 5.50. The molecule has 0 spiro atoms. The first-order valence-corrected chi connectivity index (χ1v) is 6.81. The number of nitrogens with zero attached hydrogens (tertiary/aromatic N) is 1. The molecule has 1 aliphatic rings. The number of halogens is 1. The van der Waals surface area contributed by atoms with Gasteiger partial charge in [0.1, 0.15) is 11.5 Å². The van der Waals surface area contributed by atoms with Crippen LogP contribution >= 0.6 is 0 Å². The molecule has 1 fully saturated rings. The molecule has 0 aliphatic heterocycles. The lowest BCUT2D eigenvalue weighted by Gasteiger charge is -2.05. The Labute approximate surface area is 120 Å². The molecule has 6 heteroatoms. The van der Waals surface area contributed by atoms with Gasteiger partial charge in [0.25, 0.3) is 5.69 Å². The third-order valence-corrected chi connectivity index (χ3v) is 3.77. The minimum Gasteiger partial charge on any atom is -0.464 e. The van der Waals surface area contributed by atoms with Crippen molar-refractivity contribution < 1.29 is 13.7 Å². The van der Waals surface area contributed by atoms with Crippen molar-refractivity contribution in [2.24, 2.45) is 5.92 Å². The lowest BCUT2D eigenvalue weighted by molar-refractivity contribution is -0.385. The fourth-order valence-electron chi connectivity index (χ4n) is 2.35. The highest BCUT2D eigenvalue weighted by Crippen LogP contribution is 2.47. The summed E-state index contributed by atoms with van der Waals surface area (Å²) in [5, 5.41) is 13.4. The van der Waals surface area contributed by atoms with E-state index in [1.54, 1.807) is 0 Å². The first-order chi connectivity index (χ1) is 10.0. The summed E-state index contributed by atoms with van der Waals surface area (Å²) < 4.78 is 19.4. The van der Waals surface area contributed by atoms with Crippen LogP contribution in [-0.2, 0) is 6.54 Å². The molecule has 2 unspecified atom stereocenters. The van der Waals surface area contributed by atoms with Gasteiger partial charge in [0, 0.05) is 12.0 Å². The Hall–Kier alpha value is -2.37. The number of non-ortho nitro benzene ring substituents is 1. The smallest absolute Gasteiger partial charge is 0.272 e. The largest absolute Gasteiger partial charge is 0.464 e. The molecule has 0 radical (unpaired) electrons. The molecule has 5 nitrogen and oxygen atoms in total. The van der Waals surface area contributed by atoms with Crippen molar-refractivity contribution in [3.05, 3.63) is 57.8 Å². The monoisotopic (exact) mass is 290 g/mol. The average molecular weight is 290 g/mol. The Morgan fingerprint density at radius 3 is 2.81 bits per heavy atom. The van der Waals surface area contributed by atoms with Crippen LogP contribution in [0.15, 0.2) is 34.7 Å². The Balaban J connectivity index is 1.64. The van der Waals surface area contributed by atoms with Gasteiger partial charge in [-0.25, -0.2) is 4.39 Å². The standard InChI is InChI=1S/C15H15FN2O3/c1-9-6-12(9)15-5-3-11(21-15)8-17-14-4-2-10(18(19)20)7-13(14)16/h2-5,7,9,12,17H,6,8H2,1H3. The van der Waals surface area contributed by atoms with Crippen molar-refractivity contribution in [2.75, 3.05) is 5.32 Å². The van der Waals surface area contributed by atoms with Gasteiger partial charge in [-0.2, -0.15) is 0 Å². The van der Waals surface area contributed by atoms with E-state index >= 15 is 0 Å². The number of nitrogens with one attached hydrogen (secondary N) is 1. The maximum Gasteiger partial charge on any atom is 0.272 e. The quantitative estimate of drug-likeness (QED) is 0.666. The third-order valence-electron chi connectivity index (χ3n) is 3.77. The molecule has 2 aromatic rings. The van der Waals surface area contributed by atoms with Gasteiger partial charge in [-0.1, -0.05) is 6.92 Å². The zero-order chi connectivity index (χ0) is 15.0. The lowest BCUT2D eigenvalue weighted by atomic mass is 10.2. The van der Waals surface area contributed by atoms with Gasteiger partial charge in [0.05, 0.1) is 23.2 Å². The molecule has 3 rings (SSSR count). The second-order valence-electron chi connectivity index (χ2n) is 5.40. The number of furan rings is 1. The molecule has 0 bridgehead atoms. The van der Waals surface area contributed by atoms with Crippen molar-refractivity contribution >= 4 is 11.4 Å². The summed E-state index contributed by atoms with van der Waals surface area (Å²) in [5.74, 6) is 2.23. The fraction of sp³-hybridized carbons (Fsp3) is 0.333. The minimum atomic E-state index is -0.646. The highest BCUT2D eigenvalue weighted by atomic mass is 19.1. The van der Waals surface area contributed by atoms with E-state index in [1.165, 1.54) is 12.1 Å². The number of nitro benzene ring substituents is 1. The number of rotatable bonds is 5. The van der Waals surface area contributed by atoms with Crippen molar-refractivity contribution in [3.63, 3.8) is 0 Å². The van der Waals surface area contributed by atoms with E-state index in [0.717, 1.165) is 24.0 Å². The third kappa shape index (κ3) is 2.89. The molecular weight excluding hydrogens is 275 g/mol. The molecule has 1 aromatic carbocycles. The van der Waals surface area contributed by atoms with Crippen LogP contribution in [0.1, 0.15) is 30.8 Å². The second-order valence-corrected chi connectivity index (χ2v) is 5.40. The number of benzene rings is 1. The van der Waals surface area contributed by atoms with Crippen LogP contribution in [0.25, 0.3) is 0 Å². The molecule has 1 aliphatic carbocycles. The Bertz CT molecular complexity index is 683. The van der Waals surface area contributed by atoms with E-state index in [1.807, 2.05) is 12.1 Å². The first-order valence-electron chi connectivity index (χ1n) is 6.81. The summed E-state index contributed by atoms with van der Waals surface area (Å²) >= 11 is 0. The van der Waals surface area contributed by atoms with Gasteiger partial charge in [-0.05, 0) is 30.5 Å². The molecular formula is C15H15FN2O3. The normalized spacial score (nSPS) is 20.3. The maximum absolute atomic E-state index is 13.7. The molecule has 2 atom stereocenters. The van der Waals surface area contributed by atoms with Crippen molar-refractivity contribution in [1.82, 2.24) is 0 Å². The van der Waals surface area contributed by atoms with E-state index < -0.39 is 10.7 Å². The van der Waals surface area contributed by atoms with Crippen LogP contribution in [0, 0.1) is 21.8 Å². The Kier molecular flexibility index (Phi) is 3.37. The highest BCUT2D eigenvalue weighted by Gasteiger charge is 2.36. The molecule has 0 amide bonds. The molecule has 0 saturated heterocycles. The van der Waals surface area contributed by atoms with E-state index in [4.69, 9.17) is 4.42 Å². The zero-order valence-corrected chi connectivity index (χ0v) is 11.5. The topological polar surface area (TPSA) is 68.3 Å².